The monoisotopic (exact) mass is 571 g/mol. The van der Waals surface area contributed by atoms with Crippen LogP contribution in [0.4, 0.5) is 11.4 Å². The van der Waals surface area contributed by atoms with Crippen molar-refractivity contribution in [1.29, 1.82) is 0 Å². The minimum Gasteiger partial charge on any atom is -0.496 e. The Morgan fingerprint density at radius 1 is 1.00 bits per heavy atom. The number of carbonyl (C=O) groups excluding carboxylic acids is 3. The van der Waals surface area contributed by atoms with Crippen molar-refractivity contribution in [2.24, 2.45) is 0 Å². The molecule has 5 rings (SSSR count). The van der Waals surface area contributed by atoms with Gasteiger partial charge in [-0.05, 0) is 49.1 Å². The van der Waals surface area contributed by atoms with Crippen LogP contribution in [0.2, 0.25) is 0 Å². The lowest BCUT2D eigenvalue weighted by atomic mass is 9.85. The van der Waals surface area contributed by atoms with Gasteiger partial charge < -0.3 is 24.8 Å². The number of nitrogens with zero attached hydrogens (tertiary/aromatic N) is 4. The first kappa shape index (κ1) is 28.6. The number of para-hydroxylation sites is 2. The molecule has 3 aromatic carbocycles. The van der Waals surface area contributed by atoms with E-state index in [1.165, 1.54) is 18.2 Å². The van der Waals surface area contributed by atoms with E-state index in [1.807, 2.05) is 59.5 Å². The Bertz CT molecular complexity index is 1470. The second-order valence-corrected chi connectivity index (χ2v) is 10.5. The van der Waals surface area contributed by atoms with Crippen LogP contribution in [0.5, 0.6) is 5.75 Å². The fraction of sp³-hybridized carbons (Fsp3) is 0.323. The van der Waals surface area contributed by atoms with E-state index in [2.05, 4.69) is 5.32 Å². The van der Waals surface area contributed by atoms with Gasteiger partial charge in [0, 0.05) is 43.0 Å². The van der Waals surface area contributed by atoms with E-state index in [9.17, 15) is 24.5 Å². The normalized spacial score (nSPS) is 16.0. The van der Waals surface area contributed by atoms with Crippen LogP contribution >= 0.6 is 0 Å². The van der Waals surface area contributed by atoms with Crippen LogP contribution in [0.25, 0.3) is 0 Å². The maximum atomic E-state index is 14.0. The van der Waals surface area contributed by atoms with Crippen LogP contribution in [-0.2, 0) is 16.0 Å². The van der Waals surface area contributed by atoms with Gasteiger partial charge in [-0.3, -0.25) is 24.5 Å². The lowest BCUT2D eigenvalue weighted by Crippen LogP contribution is -2.57. The summed E-state index contributed by atoms with van der Waals surface area (Å²) in [7, 11) is 1.61. The third-order valence-electron chi connectivity index (χ3n) is 8.01. The number of anilines is 1. The fourth-order valence-electron chi connectivity index (χ4n) is 5.81. The molecule has 1 spiro atoms. The first-order valence-electron chi connectivity index (χ1n) is 13.9. The summed E-state index contributed by atoms with van der Waals surface area (Å²) in [6.07, 6.45) is 1.33. The zero-order chi connectivity index (χ0) is 29.7. The Morgan fingerprint density at radius 3 is 2.43 bits per heavy atom. The molecule has 0 atom stereocenters. The van der Waals surface area contributed by atoms with Gasteiger partial charge in [-0.15, -0.1) is 0 Å². The van der Waals surface area contributed by atoms with Crippen molar-refractivity contribution in [2.45, 2.75) is 24.8 Å². The molecule has 0 radical (unpaired) electrons. The molecule has 0 unspecified atom stereocenters. The van der Waals surface area contributed by atoms with E-state index in [0.717, 1.165) is 17.0 Å². The highest BCUT2D eigenvalue weighted by atomic mass is 16.6. The molecule has 3 amide bonds. The minimum atomic E-state index is -0.904. The molecule has 0 aliphatic carbocycles. The summed E-state index contributed by atoms with van der Waals surface area (Å²) >= 11 is 0. The number of rotatable bonds is 9. The van der Waals surface area contributed by atoms with Gasteiger partial charge in [0.25, 0.3) is 17.5 Å². The number of hydrogen-bond acceptors (Lipinski definition) is 7. The number of methoxy groups -OCH3 is 1. The number of nitro groups is 1. The van der Waals surface area contributed by atoms with Crippen molar-refractivity contribution < 1.29 is 24.0 Å². The smallest absolute Gasteiger partial charge is 0.270 e. The standard InChI is InChI=1S/C31H33N5O6/c1-42-27-13-6-5-8-23(27)14-17-32-28(37)21-34-22-35(25-10-3-2-4-11-25)31(30(34)39)15-18-33(19-16-31)29(38)24-9-7-12-26(20-24)36(40)41/h2-13,20H,14-19,21-22H2,1H3,(H,32,37). The topological polar surface area (TPSA) is 125 Å². The molecular weight excluding hydrogens is 538 g/mol. The van der Waals surface area contributed by atoms with Crippen LogP contribution < -0.4 is 15.0 Å². The first-order valence-corrected chi connectivity index (χ1v) is 13.9. The average molecular weight is 572 g/mol. The molecule has 3 aromatic rings. The lowest BCUT2D eigenvalue weighted by Gasteiger charge is -2.43. The molecule has 42 heavy (non-hydrogen) atoms. The van der Waals surface area contributed by atoms with Crippen molar-refractivity contribution >= 4 is 29.1 Å². The van der Waals surface area contributed by atoms with Gasteiger partial charge in [0.2, 0.25) is 5.91 Å². The zero-order valence-electron chi connectivity index (χ0n) is 23.4. The van der Waals surface area contributed by atoms with Crippen LogP contribution in [-0.4, -0.2) is 77.9 Å². The predicted octanol–water partition coefficient (Wildman–Crippen LogP) is 3.24. The van der Waals surface area contributed by atoms with Crippen LogP contribution in [0.3, 0.4) is 0 Å². The Labute approximate surface area is 243 Å². The van der Waals surface area contributed by atoms with Gasteiger partial charge in [-0.1, -0.05) is 42.5 Å². The van der Waals surface area contributed by atoms with E-state index in [1.54, 1.807) is 23.0 Å². The minimum absolute atomic E-state index is 0.0772. The Kier molecular flexibility index (Phi) is 8.37. The summed E-state index contributed by atoms with van der Waals surface area (Å²) in [5.74, 6) is 0.0593. The zero-order valence-corrected chi connectivity index (χ0v) is 23.4. The fourth-order valence-corrected chi connectivity index (χ4v) is 5.81. The molecule has 2 fully saturated rings. The van der Waals surface area contributed by atoms with Crippen molar-refractivity contribution in [3.8, 4) is 5.75 Å². The summed E-state index contributed by atoms with van der Waals surface area (Å²) in [6, 6.07) is 22.9. The molecule has 0 saturated carbocycles. The summed E-state index contributed by atoms with van der Waals surface area (Å²) in [6.45, 7) is 1.18. The number of ether oxygens (including phenoxy) is 1. The van der Waals surface area contributed by atoms with E-state index in [4.69, 9.17) is 4.74 Å². The number of nitro benzene ring substituents is 1. The van der Waals surface area contributed by atoms with Gasteiger partial charge in [0.1, 0.15) is 17.8 Å². The molecular formula is C31H33N5O6. The Hall–Kier alpha value is -4.93. The Balaban J connectivity index is 1.27. The van der Waals surface area contributed by atoms with Crippen LogP contribution in [0, 0.1) is 10.1 Å². The first-order chi connectivity index (χ1) is 20.3. The second-order valence-electron chi connectivity index (χ2n) is 10.5. The number of carbonyl (C=O) groups is 3. The molecule has 2 heterocycles. The summed E-state index contributed by atoms with van der Waals surface area (Å²) in [4.78, 5) is 56.0. The van der Waals surface area contributed by atoms with Gasteiger partial charge in [-0.25, -0.2) is 0 Å². The summed E-state index contributed by atoms with van der Waals surface area (Å²) < 4.78 is 5.38. The van der Waals surface area contributed by atoms with Crippen LogP contribution in [0.1, 0.15) is 28.8 Å². The van der Waals surface area contributed by atoms with Crippen molar-refractivity contribution in [2.75, 3.05) is 44.9 Å². The number of amides is 3. The third-order valence-corrected chi connectivity index (χ3v) is 8.01. The van der Waals surface area contributed by atoms with Gasteiger partial charge >= 0.3 is 0 Å². The van der Waals surface area contributed by atoms with E-state index >= 15 is 0 Å². The number of piperidine rings is 1. The largest absolute Gasteiger partial charge is 0.496 e. The van der Waals surface area contributed by atoms with Gasteiger partial charge in [-0.2, -0.15) is 0 Å². The quantitative estimate of drug-likeness (QED) is 0.309. The molecule has 2 aliphatic heterocycles. The maximum Gasteiger partial charge on any atom is 0.270 e. The highest BCUT2D eigenvalue weighted by molar-refractivity contribution is 5.98. The molecule has 11 heteroatoms. The van der Waals surface area contributed by atoms with Crippen molar-refractivity contribution in [3.63, 3.8) is 0 Å². The molecule has 11 nitrogen and oxygen atoms in total. The van der Waals surface area contributed by atoms with E-state index in [-0.39, 0.29) is 42.2 Å². The maximum absolute atomic E-state index is 14.0. The summed E-state index contributed by atoms with van der Waals surface area (Å²) in [5.41, 5.74) is 1.04. The average Bonchev–Trinajstić information content (AvgIpc) is 3.27. The second kappa shape index (κ2) is 12.3. The Morgan fingerprint density at radius 2 is 1.71 bits per heavy atom. The van der Waals surface area contributed by atoms with Crippen LogP contribution in [0.15, 0.2) is 78.9 Å². The van der Waals surface area contributed by atoms with Gasteiger partial charge in [0.05, 0.1) is 18.7 Å². The number of non-ortho nitro benzene ring substituents is 1. The van der Waals surface area contributed by atoms with Crippen molar-refractivity contribution in [1.82, 2.24) is 15.1 Å². The highest BCUT2D eigenvalue weighted by Crippen LogP contribution is 2.39. The molecule has 2 saturated heterocycles. The molecule has 1 N–H and O–H groups in total. The van der Waals surface area contributed by atoms with Crippen molar-refractivity contribution in [3.05, 3.63) is 100 Å². The molecule has 218 valence electrons. The molecule has 2 aliphatic rings. The lowest BCUT2D eigenvalue weighted by molar-refractivity contribution is -0.384. The summed E-state index contributed by atoms with van der Waals surface area (Å²) in [5, 5.41) is 14.1. The SMILES string of the molecule is COc1ccccc1CCNC(=O)CN1CN(c2ccccc2)C2(CCN(C(=O)c3cccc([N+](=O)[O-])c3)CC2)C1=O. The molecule has 0 bridgehead atoms. The number of hydrogen-bond donors (Lipinski definition) is 1. The number of nitrogens with one attached hydrogen (secondary N) is 1. The molecule has 0 aromatic heterocycles. The predicted molar refractivity (Wildman–Crippen MR) is 156 cm³/mol. The number of likely N-dealkylation sites (tertiary alicyclic amines) is 1. The highest BCUT2D eigenvalue weighted by Gasteiger charge is 2.54. The van der Waals surface area contributed by atoms with E-state index < -0.39 is 10.5 Å². The van der Waals surface area contributed by atoms with Gasteiger partial charge in [0.15, 0.2) is 0 Å². The van der Waals surface area contributed by atoms with E-state index in [0.29, 0.717) is 38.9 Å². The number of benzene rings is 3. The third kappa shape index (κ3) is 5.76.